The maximum Gasteiger partial charge on any atom is 0.122 e. The van der Waals surface area contributed by atoms with E-state index in [1.807, 2.05) is 6.26 Å². The molecule has 1 aliphatic rings. The minimum Gasteiger partial charge on any atom is -0.468 e. The quantitative estimate of drug-likeness (QED) is 0.881. The Kier molecular flexibility index (Phi) is 5.02. The summed E-state index contributed by atoms with van der Waals surface area (Å²) < 4.78 is 5.60. The Hall–Kier alpha value is -0.840. The molecular weight excluding hydrogens is 238 g/mol. The number of hydrogen-bond donors (Lipinski definition) is 1. The van der Waals surface area contributed by atoms with Crippen LogP contribution >= 0.6 is 0 Å². The van der Waals surface area contributed by atoms with Crippen LogP contribution in [0.5, 0.6) is 0 Å². The maximum atomic E-state index is 5.60. The third kappa shape index (κ3) is 4.06. The molecule has 0 saturated carbocycles. The predicted octanol–water partition coefficient (Wildman–Crippen LogP) is 1.91. The monoisotopic (exact) mass is 265 g/mol. The van der Waals surface area contributed by atoms with Gasteiger partial charge in [-0.25, -0.2) is 0 Å². The van der Waals surface area contributed by atoms with Gasteiger partial charge in [0.25, 0.3) is 0 Å². The molecule has 2 heterocycles. The van der Waals surface area contributed by atoms with E-state index in [1.165, 1.54) is 5.56 Å². The zero-order chi connectivity index (χ0) is 13.8. The molecule has 1 aromatic heterocycles. The average Bonchev–Trinajstić information content (AvgIpc) is 2.79. The van der Waals surface area contributed by atoms with Crippen LogP contribution < -0.4 is 5.32 Å². The van der Waals surface area contributed by atoms with Gasteiger partial charge in [0.15, 0.2) is 0 Å². The van der Waals surface area contributed by atoms with Gasteiger partial charge in [-0.2, -0.15) is 0 Å². The summed E-state index contributed by atoms with van der Waals surface area (Å²) in [6.45, 7) is 11.9. The number of likely N-dealkylation sites (N-methyl/N-ethyl adjacent to an activating group) is 1. The van der Waals surface area contributed by atoms with Crippen LogP contribution in [0.1, 0.15) is 32.1 Å². The van der Waals surface area contributed by atoms with Gasteiger partial charge in [0.2, 0.25) is 0 Å². The summed E-state index contributed by atoms with van der Waals surface area (Å²) >= 11 is 0. The SMILES string of the molecule is CC(C)NCc1occc1CN1CCN(C)C(C)C1. The summed E-state index contributed by atoms with van der Waals surface area (Å²) in [6.07, 6.45) is 1.81. The lowest BCUT2D eigenvalue weighted by Crippen LogP contribution is -2.49. The summed E-state index contributed by atoms with van der Waals surface area (Å²) in [5, 5.41) is 3.42. The van der Waals surface area contributed by atoms with Gasteiger partial charge in [0.1, 0.15) is 5.76 Å². The fourth-order valence-electron chi connectivity index (χ4n) is 2.47. The number of furan rings is 1. The molecule has 1 fully saturated rings. The summed E-state index contributed by atoms with van der Waals surface area (Å²) in [5.41, 5.74) is 1.32. The molecule has 108 valence electrons. The predicted molar refractivity (Wildman–Crippen MR) is 78.1 cm³/mol. The van der Waals surface area contributed by atoms with Crippen molar-refractivity contribution in [3.05, 3.63) is 23.7 Å². The Morgan fingerprint density at radius 3 is 2.89 bits per heavy atom. The molecule has 1 aromatic rings. The minimum atomic E-state index is 0.488. The van der Waals surface area contributed by atoms with Crippen molar-refractivity contribution in [1.82, 2.24) is 15.1 Å². The molecule has 1 atom stereocenters. The molecule has 1 aliphatic heterocycles. The van der Waals surface area contributed by atoms with Gasteiger partial charge in [0.05, 0.1) is 12.8 Å². The zero-order valence-corrected chi connectivity index (χ0v) is 12.6. The molecule has 1 saturated heterocycles. The van der Waals surface area contributed by atoms with E-state index in [9.17, 15) is 0 Å². The van der Waals surface area contributed by atoms with Crippen LogP contribution in [0, 0.1) is 0 Å². The first-order valence-electron chi connectivity index (χ1n) is 7.27. The van der Waals surface area contributed by atoms with Gasteiger partial charge in [0, 0.05) is 43.8 Å². The van der Waals surface area contributed by atoms with Gasteiger partial charge < -0.3 is 14.6 Å². The molecule has 0 amide bonds. The van der Waals surface area contributed by atoms with E-state index in [2.05, 4.69) is 49.0 Å². The summed E-state index contributed by atoms with van der Waals surface area (Å²) in [6, 6.07) is 3.24. The second-order valence-corrected chi connectivity index (χ2v) is 5.97. The number of rotatable bonds is 5. The third-order valence-corrected chi connectivity index (χ3v) is 3.95. The Morgan fingerprint density at radius 1 is 1.42 bits per heavy atom. The first-order chi connectivity index (χ1) is 9.06. The molecule has 4 heteroatoms. The van der Waals surface area contributed by atoms with Crippen LogP contribution in [-0.2, 0) is 13.1 Å². The Morgan fingerprint density at radius 2 is 2.21 bits per heavy atom. The normalized spacial score (nSPS) is 22.3. The van der Waals surface area contributed by atoms with Crippen molar-refractivity contribution in [3.8, 4) is 0 Å². The van der Waals surface area contributed by atoms with Crippen molar-refractivity contribution in [2.24, 2.45) is 0 Å². The average molecular weight is 265 g/mol. The van der Waals surface area contributed by atoms with Crippen LogP contribution in [-0.4, -0.2) is 48.6 Å². The van der Waals surface area contributed by atoms with Crippen molar-refractivity contribution in [3.63, 3.8) is 0 Å². The van der Waals surface area contributed by atoms with Crippen molar-refractivity contribution in [2.75, 3.05) is 26.7 Å². The number of nitrogens with zero attached hydrogens (tertiary/aromatic N) is 2. The van der Waals surface area contributed by atoms with Gasteiger partial charge in [-0.05, 0) is 20.0 Å². The van der Waals surface area contributed by atoms with Crippen LogP contribution in [0.4, 0.5) is 0 Å². The van der Waals surface area contributed by atoms with E-state index in [-0.39, 0.29) is 0 Å². The standard InChI is InChI=1S/C15H27N3O/c1-12(2)16-9-15-14(5-8-19-15)11-18-7-6-17(4)13(3)10-18/h5,8,12-13,16H,6-7,9-11H2,1-4H3. The van der Waals surface area contributed by atoms with Crippen LogP contribution in [0.25, 0.3) is 0 Å². The lowest BCUT2D eigenvalue weighted by atomic mass is 10.1. The Labute approximate surface area is 116 Å². The topological polar surface area (TPSA) is 31.7 Å². The molecule has 0 spiro atoms. The fourth-order valence-corrected chi connectivity index (χ4v) is 2.47. The number of hydrogen-bond acceptors (Lipinski definition) is 4. The first kappa shape index (κ1) is 14.6. The molecule has 1 N–H and O–H groups in total. The highest BCUT2D eigenvalue weighted by Crippen LogP contribution is 2.16. The number of nitrogens with one attached hydrogen (secondary N) is 1. The Balaban J connectivity index is 1.90. The highest BCUT2D eigenvalue weighted by Gasteiger charge is 2.21. The van der Waals surface area contributed by atoms with Crippen LogP contribution in [0.2, 0.25) is 0 Å². The lowest BCUT2D eigenvalue weighted by molar-refractivity contribution is 0.0995. The third-order valence-electron chi connectivity index (χ3n) is 3.95. The largest absolute Gasteiger partial charge is 0.468 e. The van der Waals surface area contributed by atoms with E-state index in [1.54, 1.807) is 0 Å². The molecule has 1 unspecified atom stereocenters. The summed E-state index contributed by atoms with van der Waals surface area (Å²) in [4.78, 5) is 4.95. The molecule has 2 rings (SSSR count). The molecular formula is C15H27N3O. The summed E-state index contributed by atoms with van der Waals surface area (Å²) in [5.74, 6) is 1.08. The van der Waals surface area contributed by atoms with Gasteiger partial charge in [-0.1, -0.05) is 13.8 Å². The second-order valence-electron chi connectivity index (χ2n) is 5.97. The summed E-state index contributed by atoms with van der Waals surface area (Å²) in [7, 11) is 2.21. The van der Waals surface area contributed by atoms with Gasteiger partial charge in [-0.15, -0.1) is 0 Å². The van der Waals surface area contributed by atoms with E-state index in [0.29, 0.717) is 12.1 Å². The maximum absolute atomic E-state index is 5.60. The van der Waals surface area contributed by atoms with E-state index < -0.39 is 0 Å². The first-order valence-corrected chi connectivity index (χ1v) is 7.27. The van der Waals surface area contributed by atoms with E-state index in [0.717, 1.165) is 38.5 Å². The van der Waals surface area contributed by atoms with Gasteiger partial charge in [-0.3, -0.25) is 4.90 Å². The van der Waals surface area contributed by atoms with Crippen molar-refractivity contribution in [1.29, 1.82) is 0 Å². The van der Waals surface area contributed by atoms with Crippen molar-refractivity contribution in [2.45, 2.75) is 45.9 Å². The lowest BCUT2D eigenvalue weighted by Gasteiger charge is -2.37. The molecule has 0 aromatic carbocycles. The molecule has 0 bridgehead atoms. The van der Waals surface area contributed by atoms with Crippen LogP contribution in [0.15, 0.2) is 16.7 Å². The van der Waals surface area contributed by atoms with Crippen molar-refractivity contribution < 1.29 is 4.42 Å². The number of piperazine rings is 1. The Bertz CT molecular complexity index is 388. The molecule has 19 heavy (non-hydrogen) atoms. The van der Waals surface area contributed by atoms with Crippen LogP contribution in [0.3, 0.4) is 0 Å². The smallest absolute Gasteiger partial charge is 0.122 e. The van der Waals surface area contributed by atoms with E-state index >= 15 is 0 Å². The van der Waals surface area contributed by atoms with Crippen molar-refractivity contribution >= 4 is 0 Å². The zero-order valence-electron chi connectivity index (χ0n) is 12.6. The highest BCUT2D eigenvalue weighted by molar-refractivity contribution is 5.17. The highest BCUT2D eigenvalue weighted by atomic mass is 16.3. The minimum absolute atomic E-state index is 0.488. The van der Waals surface area contributed by atoms with Gasteiger partial charge >= 0.3 is 0 Å². The fraction of sp³-hybridized carbons (Fsp3) is 0.733. The van der Waals surface area contributed by atoms with E-state index in [4.69, 9.17) is 4.42 Å². The molecule has 0 radical (unpaired) electrons. The molecule has 0 aliphatic carbocycles. The second kappa shape index (κ2) is 6.55. The molecule has 4 nitrogen and oxygen atoms in total.